The van der Waals surface area contributed by atoms with Gasteiger partial charge < -0.3 is 10.2 Å². The first-order chi connectivity index (χ1) is 7.90. The fourth-order valence-corrected chi connectivity index (χ4v) is 2.37. The van der Waals surface area contributed by atoms with Gasteiger partial charge in [-0.25, -0.2) is 0 Å². The Labute approximate surface area is 114 Å². The van der Waals surface area contributed by atoms with Crippen molar-refractivity contribution in [2.24, 2.45) is 0 Å². The Morgan fingerprint density at radius 2 is 2.06 bits per heavy atom. The largest absolute Gasteiger partial charge is 0.341 e. The van der Waals surface area contributed by atoms with Crippen molar-refractivity contribution in [2.75, 3.05) is 11.4 Å². The molecule has 17 heavy (non-hydrogen) atoms. The molecular weight excluding hydrogens is 331 g/mol. The second-order valence-corrected chi connectivity index (χ2v) is 5.79. The average Bonchev–Trinajstić information content (AvgIpc) is 2.22. The number of carbonyl (C=O) groups is 2. The number of benzene rings is 1. The predicted molar refractivity (Wildman–Crippen MR) is 73.7 cm³/mol. The highest BCUT2D eigenvalue weighted by Crippen LogP contribution is 2.23. The zero-order chi connectivity index (χ0) is 12.6. The van der Waals surface area contributed by atoms with Crippen molar-refractivity contribution in [1.82, 2.24) is 5.32 Å². The minimum absolute atomic E-state index is 0.0842. The van der Waals surface area contributed by atoms with Crippen LogP contribution in [0.5, 0.6) is 0 Å². The molecule has 4 nitrogen and oxygen atoms in total. The van der Waals surface area contributed by atoms with Gasteiger partial charge in [0, 0.05) is 9.26 Å². The number of nitrogens with one attached hydrogen (secondary N) is 1. The molecule has 1 aliphatic rings. The maximum Gasteiger partial charge on any atom is 0.252 e. The van der Waals surface area contributed by atoms with Crippen LogP contribution in [0.3, 0.4) is 0 Å². The van der Waals surface area contributed by atoms with Gasteiger partial charge in [0.05, 0.1) is 0 Å². The van der Waals surface area contributed by atoms with Gasteiger partial charge in [0.1, 0.15) is 12.1 Å². The van der Waals surface area contributed by atoms with Crippen LogP contribution in [0.4, 0.5) is 5.69 Å². The molecule has 0 radical (unpaired) electrons. The molecule has 1 aromatic rings. The van der Waals surface area contributed by atoms with E-state index in [1.165, 1.54) is 4.90 Å². The van der Waals surface area contributed by atoms with Gasteiger partial charge in [-0.1, -0.05) is 6.07 Å². The molecule has 0 unspecified atom stereocenters. The number of rotatable bonds is 1. The summed E-state index contributed by atoms with van der Waals surface area (Å²) >= 11 is 2.18. The normalized spacial score (nSPS) is 19.1. The highest BCUT2D eigenvalue weighted by atomic mass is 127. The third kappa shape index (κ3) is 2.43. The summed E-state index contributed by atoms with van der Waals surface area (Å²) in [6.07, 6.45) is 0. The van der Waals surface area contributed by atoms with E-state index in [9.17, 15) is 9.59 Å². The lowest BCUT2D eigenvalue weighted by atomic mass is 10.00. The smallest absolute Gasteiger partial charge is 0.252 e. The summed E-state index contributed by atoms with van der Waals surface area (Å²) in [7, 11) is 0. The second-order valence-electron chi connectivity index (χ2n) is 4.54. The van der Waals surface area contributed by atoms with E-state index in [4.69, 9.17) is 0 Å². The monoisotopic (exact) mass is 344 g/mol. The van der Waals surface area contributed by atoms with E-state index in [-0.39, 0.29) is 18.4 Å². The van der Waals surface area contributed by atoms with E-state index in [0.717, 1.165) is 9.26 Å². The highest BCUT2D eigenvalue weighted by Gasteiger charge is 2.39. The summed E-state index contributed by atoms with van der Waals surface area (Å²) in [6, 6.07) is 7.56. The van der Waals surface area contributed by atoms with E-state index in [1.54, 1.807) is 13.8 Å². The minimum atomic E-state index is -0.837. The Hall–Kier alpha value is -1.11. The second kappa shape index (κ2) is 4.29. The molecule has 0 spiro atoms. The van der Waals surface area contributed by atoms with Crippen molar-refractivity contribution in [2.45, 2.75) is 19.4 Å². The van der Waals surface area contributed by atoms with E-state index in [2.05, 4.69) is 27.9 Å². The molecule has 2 rings (SSSR count). The summed E-state index contributed by atoms with van der Waals surface area (Å²) in [5, 5.41) is 2.69. The number of amides is 2. The van der Waals surface area contributed by atoms with Crippen molar-refractivity contribution in [3.8, 4) is 0 Å². The summed E-state index contributed by atoms with van der Waals surface area (Å²) in [5.41, 5.74) is -0.0683. The fraction of sp³-hybridized carbons (Fsp3) is 0.333. The zero-order valence-electron chi connectivity index (χ0n) is 9.66. The number of anilines is 1. The van der Waals surface area contributed by atoms with Crippen LogP contribution in [0.1, 0.15) is 13.8 Å². The Kier molecular flexibility index (Phi) is 3.11. The molecule has 1 fully saturated rings. The Morgan fingerprint density at radius 3 is 2.71 bits per heavy atom. The van der Waals surface area contributed by atoms with E-state index in [0.29, 0.717) is 0 Å². The van der Waals surface area contributed by atoms with Crippen LogP contribution >= 0.6 is 22.6 Å². The number of carbonyl (C=O) groups excluding carboxylic acids is 2. The number of nitrogens with zero attached hydrogens (tertiary/aromatic N) is 1. The van der Waals surface area contributed by atoms with Crippen molar-refractivity contribution in [3.63, 3.8) is 0 Å². The quantitative estimate of drug-likeness (QED) is 0.786. The molecule has 1 aromatic carbocycles. The lowest BCUT2D eigenvalue weighted by Crippen LogP contribution is -2.64. The van der Waals surface area contributed by atoms with E-state index < -0.39 is 5.54 Å². The summed E-state index contributed by atoms with van der Waals surface area (Å²) in [5.74, 6) is -0.215. The number of hydrogen-bond donors (Lipinski definition) is 1. The molecule has 0 bridgehead atoms. The van der Waals surface area contributed by atoms with Gasteiger partial charge in [0.15, 0.2) is 0 Å². The molecule has 5 heteroatoms. The maximum absolute atomic E-state index is 12.2. The molecule has 1 saturated heterocycles. The standard InChI is InChI=1S/C12H13IN2O2/c1-12(2)11(17)15(7-10(16)14-12)9-5-3-4-8(13)6-9/h3-6H,7H2,1-2H3,(H,14,16). The van der Waals surface area contributed by atoms with Crippen LogP contribution in [0, 0.1) is 3.57 Å². The van der Waals surface area contributed by atoms with Crippen LogP contribution in [0.2, 0.25) is 0 Å². The molecule has 1 aliphatic heterocycles. The SMILES string of the molecule is CC1(C)NC(=O)CN(c2cccc(I)c2)C1=O. The van der Waals surface area contributed by atoms with Gasteiger partial charge in [0.25, 0.3) is 5.91 Å². The molecule has 0 atom stereocenters. The van der Waals surface area contributed by atoms with Gasteiger partial charge >= 0.3 is 0 Å². The van der Waals surface area contributed by atoms with E-state index in [1.807, 2.05) is 24.3 Å². The zero-order valence-corrected chi connectivity index (χ0v) is 11.8. The first-order valence-electron chi connectivity index (χ1n) is 5.29. The third-order valence-electron chi connectivity index (χ3n) is 2.65. The van der Waals surface area contributed by atoms with Gasteiger partial charge in [-0.15, -0.1) is 0 Å². The molecule has 1 N–H and O–H groups in total. The van der Waals surface area contributed by atoms with Crippen LogP contribution in [0.15, 0.2) is 24.3 Å². The van der Waals surface area contributed by atoms with Crippen molar-refractivity contribution in [3.05, 3.63) is 27.8 Å². The molecule has 0 aromatic heterocycles. The van der Waals surface area contributed by atoms with Gasteiger partial charge in [0.2, 0.25) is 5.91 Å². The summed E-state index contributed by atoms with van der Waals surface area (Å²) in [6.45, 7) is 3.52. The number of halogens is 1. The van der Waals surface area contributed by atoms with E-state index >= 15 is 0 Å². The Bertz CT molecular complexity index is 485. The Balaban J connectivity index is 2.38. The average molecular weight is 344 g/mol. The van der Waals surface area contributed by atoms with Crippen LogP contribution in [-0.4, -0.2) is 23.9 Å². The molecule has 90 valence electrons. The van der Waals surface area contributed by atoms with Crippen LogP contribution in [-0.2, 0) is 9.59 Å². The highest BCUT2D eigenvalue weighted by molar-refractivity contribution is 14.1. The number of piperazine rings is 1. The van der Waals surface area contributed by atoms with Crippen molar-refractivity contribution in [1.29, 1.82) is 0 Å². The van der Waals surface area contributed by atoms with Crippen LogP contribution < -0.4 is 10.2 Å². The van der Waals surface area contributed by atoms with Gasteiger partial charge in [-0.3, -0.25) is 9.59 Å². The third-order valence-corrected chi connectivity index (χ3v) is 3.32. The minimum Gasteiger partial charge on any atom is -0.341 e. The first-order valence-corrected chi connectivity index (χ1v) is 6.36. The van der Waals surface area contributed by atoms with Crippen molar-refractivity contribution >= 4 is 40.1 Å². The molecule has 0 aliphatic carbocycles. The topological polar surface area (TPSA) is 49.4 Å². The summed E-state index contributed by atoms with van der Waals surface area (Å²) < 4.78 is 1.04. The lowest BCUT2D eigenvalue weighted by molar-refractivity contribution is -0.134. The number of hydrogen-bond acceptors (Lipinski definition) is 2. The molecule has 0 saturated carbocycles. The molecule has 2 amide bonds. The summed E-state index contributed by atoms with van der Waals surface area (Å²) in [4.78, 5) is 25.3. The predicted octanol–water partition coefficient (Wildman–Crippen LogP) is 1.53. The Morgan fingerprint density at radius 1 is 1.35 bits per heavy atom. The van der Waals surface area contributed by atoms with Crippen molar-refractivity contribution < 1.29 is 9.59 Å². The first kappa shape index (κ1) is 12.3. The lowest BCUT2D eigenvalue weighted by Gasteiger charge is -2.37. The molecule has 1 heterocycles. The molecular formula is C12H13IN2O2. The maximum atomic E-state index is 12.2. The van der Waals surface area contributed by atoms with Gasteiger partial charge in [-0.2, -0.15) is 0 Å². The van der Waals surface area contributed by atoms with Crippen LogP contribution in [0.25, 0.3) is 0 Å². The van der Waals surface area contributed by atoms with Gasteiger partial charge in [-0.05, 0) is 54.6 Å². The fourth-order valence-electron chi connectivity index (χ4n) is 1.85.